The lowest BCUT2D eigenvalue weighted by atomic mass is 10.2. The summed E-state index contributed by atoms with van der Waals surface area (Å²) in [4.78, 5) is 28.1. The zero-order valence-corrected chi connectivity index (χ0v) is 16.5. The van der Waals surface area contributed by atoms with Gasteiger partial charge in [-0.3, -0.25) is 19.3 Å². The molecule has 2 amide bonds. The molecular formula is C19H22N4O5S. The van der Waals surface area contributed by atoms with Crippen LogP contribution in [-0.2, 0) is 14.8 Å². The van der Waals surface area contributed by atoms with Crippen molar-refractivity contribution in [1.29, 1.82) is 0 Å². The third-order valence-electron chi connectivity index (χ3n) is 4.21. The average molecular weight is 418 g/mol. The molecule has 0 spiro atoms. The molecule has 2 aromatic rings. The summed E-state index contributed by atoms with van der Waals surface area (Å²) in [5.41, 5.74) is 0.299. The van der Waals surface area contributed by atoms with Crippen LogP contribution in [0.5, 0.6) is 0 Å². The Labute approximate surface area is 168 Å². The monoisotopic (exact) mass is 418 g/mol. The van der Waals surface area contributed by atoms with Gasteiger partial charge in [-0.1, -0.05) is 12.5 Å². The number of amides is 2. The van der Waals surface area contributed by atoms with Crippen LogP contribution >= 0.6 is 0 Å². The van der Waals surface area contributed by atoms with Gasteiger partial charge in [0, 0.05) is 18.7 Å². The van der Waals surface area contributed by atoms with E-state index >= 15 is 0 Å². The Morgan fingerprint density at radius 1 is 1.10 bits per heavy atom. The lowest BCUT2D eigenvalue weighted by Crippen LogP contribution is -2.33. The molecule has 154 valence electrons. The molecule has 1 aliphatic heterocycles. The maximum Gasteiger partial charge on any atom is 0.287 e. The Kier molecular flexibility index (Phi) is 6.65. The number of sulfonamides is 1. The number of furan rings is 1. The zero-order chi connectivity index (χ0) is 20.7. The van der Waals surface area contributed by atoms with Gasteiger partial charge in [0.05, 0.1) is 17.7 Å². The van der Waals surface area contributed by atoms with E-state index in [1.165, 1.54) is 30.5 Å². The fourth-order valence-corrected chi connectivity index (χ4v) is 3.91. The summed E-state index contributed by atoms with van der Waals surface area (Å²) < 4.78 is 32.7. The summed E-state index contributed by atoms with van der Waals surface area (Å²) in [6, 6.07) is 8.93. The number of hydrogen-bond donors (Lipinski definition) is 3. The Morgan fingerprint density at radius 2 is 1.97 bits per heavy atom. The Morgan fingerprint density at radius 3 is 2.76 bits per heavy atom. The predicted octanol–water partition coefficient (Wildman–Crippen LogP) is 1.90. The zero-order valence-electron chi connectivity index (χ0n) is 15.7. The number of benzene rings is 1. The largest absolute Gasteiger partial charge is 0.459 e. The maximum absolute atomic E-state index is 12.6. The van der Waals surface area contributed by atoms with Crippen LogP contribution in [0.2, 0.25) is 0 Å². The first-order valence-electron chi connectivity index (χ1n) is 9.22. The molecule has 1 aromatic carbocycles. The molecule has 9 nitrogen and oxygen atoms in total. The summed E-state index contributed by atoms with van der Waals surface area (Å²) in [7, 11) is -3.80. The lowest BCUT2D eigenvalue weighted by molar-refractivity contribution is -0.115. The number of aliphatic imine (C=N–C) groups is 1. The summed E-state index contributed by atoms with van der Waals surface area (Å²) in [6.07, 6.45) is 4.80. The third-order valence-corrected chi connectivity index (χ3v) is 5.59. The average Bonchev–Trinajstić information content (AvgIpc) is 3.12. The van der Waals surface area contributed by atoms with Crippen molar-refractivity contribution in [2.45, 2.75) is 30.6 Å². The predicted molar refractivity (Wildman–Crippen MR) is 107 cm³/mol. The van der Waals surface area contributed by atoms with Gasteiger partial charge in [-0.2, -0.15) is 0 Å². The second-order valence-corrected chi connectivity index (χ2v) is 8.16. The Balaban J connectivity index is 1.60. The minimum absolute atomic E-state index is 0.0156. The van der Waals surface area contributed by atoms with Gasteiger partial charge in [-0.25, -0.2) is 8.42 Å². The number of nitrogens with one attached hydrogen (secondary N) is 3. The van der Waals surface area contributed by atoms with E-state index in [0.717, 1.165) is 19.3 Å². The molecule has 0 unspecified atom stereocenters. The highest BCUT2D eigenvalue weighted by Crippen LogP contribution is 2.16. The van der Waals surface area contributed by atoms with Crippen LogP contribution in [0.4, 0.5) is 5.69 Å². The summed E-state index contributed by atoms with van der Waals surface area (Å²) in [6.45, 7) is 0.323. The highest BCUT2D eigenvalue weighted by Gasteiger charge is 2.18. The first-order chi connectivity index (χ1) is 13.9. The van der Waals surface area contributed by atoms with Gasteiger partial charge in [-0.05, 0) is 43.2 Å². The van der Waals surface area contributed by atoms with Crippen LogP contribution in [0, 0.1) is 0 Å². The molecule has 0 saturated carbocycles. The number of carbonyl (C=O) groups excluding carboxylic acids is 2. The molecular weight excluding hydrogens is 396 g/mol. The molecule has 0 aliphatic carbocycles. The second kappa shape index (κ2) is 9.37. The number of rotatable bonds is 6. The van der Waals surface area contributed by atoms with E-state index in [1.807, 2.05) is 0 Å². The fraction of sp³-hybridized carbons (Fsp3) is 0.316. The second-order valence-electron chi connectivity index (χ2n) is 6.48. The fourth-order valence-electron chi connectivity index (χ4n) is 2.77. The van der Waals surface area contributed by atoms with Crippen LogP contribution in [0.25, 0.3) is 0 Å². The quantitative estimate of drug-likeness (QED) is 0.660. The van der Waals surface area contributed by atoms with Gasteiger partial charge >= 0.3 is 0 Å². The van der Waals surface area contributed by atoms with Crippen molar-refractivity contribution in [3.8, 4) is 0 Å². The van der Waals surface area contributed by atoms with Crippen molar-refractivity contribution in [3.63, 3.8) is 0 Å². The molecule has 29 heavy (non-hydrogen) atoms. The summed E-state index contributed by atoms with van der Waals surface area (Å²) in [5, 5.41) is 4.98. The summed E-state index contributed by atoms with van der Waals surface area (Å²) in [5.74, 6) is -0.466. The molecule has 0 saturated heterocycles. The molecule has 3 rings (SSSR count). The molecule has 1 aliphatic rings. The van der Waals surface area contributed by atoms with Crippen molar-refractivity contribution >= 4 is 33.4 Å². The number of hydrogen-bond acceptors (Lipinski definition) is 6. The first-order valence-corrected chi connectivity index (χ1v) is 10.7. The summed E-state index contributed by atoms with van der Waals surface area (Å²) >= 11 is 0. The standard InChI is InChI=1S/C19H22N4O5S/c24-18(13-21-19(25)16-8-5-11-28-16)22-14-6-4-7-15(12-14)29(26,27)23-17-9-2-1-3-10-20-17/h4-8,11-12H,1-3,9-10,13H2,(H,20,23)(H,21,25)(H,22,24). The smallest absolute Gasteiger partial charge is 0.287 e. The first kappa shape index (κ1) is 20.6. The molecule has 3 N–H and O–H groups in total. The Bertz CT molecular complexity index is 999. The third kappa shape index (κ3) is 5.92. The lowest BCUT2D eigenvalue weighted by Gasteiger charge is -2.11. The van der Waals surface area contributed by atoms with Crippen LogP contribution in [0.3, 0.4) is 0 Å². The highest BCUT2D eigenvalue weighted by atomic mass is 32.2. The van der Waals surface area contributed by atoms with Crippen molar-refractivity contribution in [2.75, 3.05) is 18.4 Å². The molecule has 2 heterocycles. The van der Waals surface area contributed by atoms with E-state index in [9.17, 15) is 18.0 Å². The molecule has 0 bridgehead atoms. The minimum Gasteiger partial charge on any atom is -0.459 e. The maximum atomic E-state index is 12.6. The molecule has 1 aromatic heterocycles. The highest BCUT2D eigenvalue weighted by molar-refractivity contribution is 7.90. The topological polar surface area (TPSA) is 130 Å². The number of amidine groups is 1. The van der Waals surface area contributed by atoms with E-state index in [-0.39, 0.29) is 17.2 Å². The van der Waals surface area contributed by atoms with Gasteiger partial charge in [0.15, 0.2) is 5.76 Å². The number of anilines is 1. The van der Waals surface area contributed by atoms with Gasteiger partial charge < -0.3 is 15.1 Å². The van der Waals surface area contributed by atoms with Crippen LogP contribution in [0.1, 0.15) is 36.2 Å². The molecule has 0 radical (unpaired) electrons. The van der Waals surface area contributed by atoms with E-state index < -0.39 is 21.8 Å². The molecule has 0 atom stereocenters. The Hall–Kier alpha value is -3.14. The van der Waals surface area contributed by atoms with Gasteiger partial charge in [0.25, 0.3) is 15.9 Å². The van der Waals surface area contributed by atoms with Crippen molar-refractivity contribution < 1.29 is 22.4 Å². The van der Waals surface area contributed by atoms with Crippen LogP contribution < -0.4 is 15.4 Å². The number of nitrogens with zero attached hydrogens (tertiary/aromatic N) is 1. The van der Waals surface area contributed by atoms with E-state index in [1.54, 1.807) is 12.1 Å². The minimum atomic E-state index is -3.80. The normalized spacial score (nSPS) is 14.4. The van der Waals surface area contributed by atoms with E-state index in [2.05, 4.69) is 20.3 Å². The van der Waals surface area contributed by atoms with Crippen molar-refractivity contribution in [2.24, 2.45) is 4.99 Å². The molecule has 10 heteroatoms. The van der Waals surface area contributed by atoms with Crippen LogP contribution in [-0.4, -0.2) is 39.2 Å². The van der Waals surface area contributed by atoms with Crippen molar-refractivity contribution in [3.05, 3.63) is 48.4 Å². The van der Waals surface area contributed by atoms with Gasteiger partial charge in [-0.15, -0.1) is 0 Å². The molecule has 0 fully saturated rings. The van der Waals surface area contributed by atoms with Gasteiger partial charge in [0.2, 0.25) is 5.91 Å². The van der Waals surface area contributed by atoms with E-state index in [4.69, 9.17) is 4.42 Å². The van der Waals surface area contributed by atoms with Crippen LogP contribution in [0.15, 0.2) is 57.0 Å². The SMILES string of the molecule is O=C(CNC(=O)c1ccco1)Nc1cccc(S(=O)(=O)NC2=NCCCCC2)c1. The van der Waals surface area contributed by atoms with E-state index in [0.29, 0.717) is 24.5 Å². The number of carbonyl (C=O) groups is 2. The van der Waals surface area contributed by atoms with Gasteiger partial charge in [0.1, 0.15) is 5.84 Å². The van der Waals surface area contributed by atoms with Crippen molar-refractivity contribution in [1.82, 2.24) is 10.0 Å².